The van der Waals surface area contributed by atoms with Crippen LogP contribution in [0.3, 0.4) is 0 Å². The van der Waals surface area contributed by atoms with Crippen LogP contribution in [-0.4, -0.2) is 38.6 Å². The molecule has 2 rings (SSSR count). The molecule has 0 aliphatic carbocycles. The van der Waals surface area contributed by atoms with Crippen LogP contribution in [0.2, 0.25) is 0 Å². The molecule has 1 atom stereocenters. The van der Waals surface area contributed by atoms with Crippen molar-refractivity contribution in [3.05, 3.63) is 36.2 Å². The second kappa shape index (κ2) is 7.03. The van der Waals surface area contributed by atoms with E-state index in [0.717, 1.165) is 23.0 Å². The van der Waals surface area contributed by atoms with Gasteiger partial charge in [0.05, 0.1) is 10.9 Å². The van der Waals surface area contributed by atoms with Crippen molar-refractivity contribution in [3.63, 3.8) is 0 Å². The minimum absolute atomic E-state index is 0.439. The highest BCUT2D eigenvalue weighted by Gasteiger charge is 2.29. The van der Waals surface area contributed by atoms with Crippen LogP contribution in [0.15, 0.2) is 35.7 Å². The number of amides is 1. The Kier molecular flexibility index (Phi) is 5.30. The van der Waals surface area contributed by atoms with Crippen molar-refractivity contribution in [2.75, 3.05) is 6.54 Å². The topological polar surface area (TPSA) is 59.8 Å². The Hall–Kier alpha value is -2.03. The van der Waals surface area contributed by atoms with Gasteiger partial charge in [-0.05, 0) is 25.5 Å². The molecule has 0 radical (unpaired) electrons. The third kappa shape index (κ3) is 4.72. The Labute approximate surface area is 135 Å². The summed E-state index contributed by atoms with van der Waals surface area (Å²) in [4.78, 5) is 11.7. The van der Waals surface area contributed by atoms with Gasteiger partial charge in [0.25, 0.3) is 0 Å². The van der Waals surface area contributed by atoms with E-state index in [9.17, 15) is 18.0 Å². The number of hydrogen-bond donors (Lipinski definition) is 1. The zero-order valence-electron chi connectivity index (χ0n) is 12.5. The Balaban J connectivity index is 2.08. The molecular formula is C14H15F3N4OS. The van der Waals surface area contributed by atoms with Crippen LogP contribution in [0, 0.1) is 6.92 Å². The molecule has 0 spiro atoms. The number of thioether (sulfide) groups is 1. The molecule has 1 amide bonds. The quantitative estimate of drug-likeness (QED) is 0.848. The summed E-state index contributed by atoms with van der Waals surface area (Å²) in [5.41, 5.74) is 1.84. The fourth-order valence-corrected chi connectivity index (χ4v) is 2.71. The number of alkyl halides is 3. The smallest absolute Gasteiger partial charge is 0.346 e. The predicted octanol–water partition coefficient (Wildman–Crippen LogP) is 2.73. The molecule has 0 unspecified atom stereocenters. The van der Waals surface area contributed by atoms with E-state index in [1.54, 1.807) is 4.57 Å². The number of nitrogens with one attached hydrogen (secondary N) is 1. The minimum atomic E-state index is -4.43. The van der Waals surface area contributed by atoms with Gasteiger partial charge in [0, 0.05) is 0 Å². The van der Waals surface area contributed by atoms with E-state index >= 15 is 0 Å². The number of carbonyl (C=O) groups excluding carboxylic acids is 1. The fourth-order valence-electron chi connectivity index (χ4n) is 1.85. The summed E-state index contributed by atoms with van der Waals surface area (Å²) in [6, 6.07) is 7.54. The van der Waals surface area contributed by atoms with Crippen LogP contribution in [0.1, 0.15) is 12.5 Å². The minimum Gasteiger partial charge on any atom is -0.346 e. The SMILES string of the molecule is Cc1ccccc1-n1cnnc1S[C@@H](C)C(=O)NCC(F)(F)F. The van der Waals surface area contributed by atoms with Crippen molar-refractivity contribution in [1.82, 2.24) is 20.1 Å². The Morgan fingerprint density at radius 3 is 2.74 bits per heavy atom. The van der Waals surface area contributed by atoms with Gasteiger partial charge in [-0.1, -0.05) is 30.0 Å². The van der Waals surface area contributed by atoms with Crippen molar-refractivity contribution < 1.29 is 18.0 Å². The van der Waals surface area contributed by atoms with E-state index in [0.29, 0.717) is 5.16 Å². The molecule has 9 heteroatoms. The summed E-state index contributed by atoms with van der Waals surface area (Å²) >= 11 is 1.05. The molecule has 1 aromatic carbocycles. The zero-order chi connectivity index (χ0) is 17.0. The first-order valence-corrected chi connectivity index (χ1v) is 7.63. The lowest BCUT2D eigenvalue weighted by atomic mass is 10.2. The number of para-hydroxylation sites is 1. The molecule has 124 valence electrons. The highest BCUT2D eigenvalue weighted by atomic mass is 32.2. The molecule has 1 aromatic heterocycles. The zero-order valence-corrected chi connectivity index (χ0v) is 13.3. The Bertz CT molecular complexity index is 687. The average Bonchev–Trinajstić information content (AvgIpc) is 2.92. The van der Waals surface area contributed by atoms with Crippen LogP contribution in [0.25, 0.3) is 5.69 Å². The van der Waals surface area contributed by atoms with Gasteiger partial charge >= 0.3 is 6.18 Å². The van der Waals surface area contributed by atoms with Crippen molar-refractivity contribution in [1.29, 1.82) is 0 Å². The molecular weight excluding hydrogens is 329 g/mol. The molecule has 1 heterocycles. The first-order chi connectivity index (χ1) is 10.8. The first kappa shape index (κ1) is 17.3. The Morgan fingerprint density at radius 2 is 2.09 bits per heavy atom. The summed E-state index contributed by atoms with van der Waals surface area (Å²) in [7, 11) is 0. The normalized spacial score (nSPS) is 12.9. The molecule has 2 aromatic rings. The van der Waals surface area contributed by atoms with Gasteiger partial charge in [0.2, 0.25) is 5.91 Å². The van der Waals surface area contributed by atoms with Gasteiger partial charge in [-0.25, -0.2) is 0 Å². The summed E-state index contributed by atoms with van der Waals surface area (Å²) in [6.45, 7) is 2.09. The van der Waals surface area contributed by atoms with Crippen LogP contribution < -0.4 is 5.32 Å². The maximum atomic E-state index is 12.1. The first-order valence-electron chi connectivity index (χ1n) is 6.75. The molecule has 0 saturated carbocycles. The number of rotatable bonds is 5. The van der Waals surface area contributed by atoms with Crippen LogP contribution in [0.4, 0.5) is 13.2 Å². The number of aromatic nitrogens is 3. The van der Waals surface area contributed by atoms with Gasteiger partial charge in [0.15, 0.2) is 5.16 Å². The summed E-state index contributed by atoms with van der Waals surface area (Å²) in [6.07, 6.45) is -2.92. The lowest BCUT2D eigenvalue weighted by Gasteiger charge is -2.14. The fraction of sp³-hybridized carbons (Fsp3) is 0.357. The van der Waals surface area contributed by atoms with Crippen molar-refractivity contribution >= 4 is 17.7 Å². The van der Waals surface area contributed by atoms with Crippen molar-refractivity contribution in [2.45, 2.75) is 30.4 Å². The molecule has 0 aliphatic rings. The van der Waals surface area contributed by atoms with E-state index < -0.39 is 23.9 Å². The summed E-state index contributed by atoms with van der Waals surface area (Å²) in [5, 5.41) is 9.33. The molecule has 0 fully saturated rings. The van der Waals surface area contributed by atoms with E-state index in [-0.39, 0.29) is 0 Å². The summed E-state index contributed by atoms with van der Waals surface area (Å²) < 4.78 is 38.1. The highest BCUT2D eigenvalue weighted by Crippen LogP contribution is 2.25. The Morgan fingerprint density at radius 1 is 1.39 bits per heavy atom. The van der Waals surface area contributed by atoms with Crippen LogP contribution >= 0.6 is 11.8 Å². The maximum absolute atomic E-state index is 12.1. The highest BCUT2D eigenvalue weighted by molar-refractivity contribution is 8.00. The lowest BCUT2D eigenvalue weighted by molar-refractivity contribution is -0.137. The molecule has 0 bridgehead atoms. The van der Waals surface area contributed by atoms with Gasteiger partial charge in [0.1, 0.15) is 12.9 Å². The van der Waals surface area contributed by atoms with Crippen molar-refractivity contribution in [2.24, 2.45) is 0 Å². The number of benzene rings is 1. The van der Waals surface area contributed by atoms with Gasteiger partial charge < -0.3 is 5.32 Å². The molecule has 0 saturated heterocycles. The standard InChI is InChI=1S/C14H15F3N4OS/c1-9-5-3-4-6-11(9)21-8-19-20-13(21)23-10(2)12(22)18-7-14(15,16)17/h3-6,8,10H,7H2,1-2H3,(H,18,22)/t10-/m0/s1. The van der Waals surface area contributed by atoms with Crippen molar-refractivity contribution in [3.8, 4) is 5.69 Å². The monoisotopic (exact) mass is 344 g/mol. The van der Waals surface area contributed by atoms with E-state index in [1.807, 2.05) is 36.5 Å². The second-order valence-corrected chi connectivity index (χ2v) is 6.17. The number of aryl methyl sites for hydroxylation is 1. The summed E-state index contributed by atoms with van der Waals surface area (Å²) in [5.74, 6) is -0.702. The number of nitrogens with zero attached hydrogens (tertiary/aromatic N) is 3. The van der Waals surface area contributed by atoms with Crippen LogP contribution in [-0.2, 0) is 4.79 Å². The number of hydrogen-bond acceptors (Lipinski definition) is 4. The maximum Gasteiger partial charge on any atom is 0.405 e. The molecule has 0 aliphatic heterocycles. The van der Waals surface area contributed by atoms with E-state index in [1.165, 1.54) is 13.3 Å². The van der Waals surface area contributed by atoms with E-state index in [2.05, 4.69) is 10.2 Å². The van der Waals surface area contributed by atoms with E-state index in [4.69, 9.17) is 0 Å². The molecule has 1 N–H and O–H groups in total. The molecule has 23 heavy (non-hydrogen) atoms. The average molecular weight is 344 g/mol. The predicted molar refractivity (Wildman–Crippen MR) is 80.5 cm³/mol. The number of halogens is 3. The van der Waals surface area contributed by atoms with Crippen LogP contribution in [0.5, 0.6) is 0 Å². The lowest BCUT2D eigenvalue weighted by Crippen LogP contribution is -2.38. The van der Waals surface area contributed by atoms with Gasteiger partial charge in [-0.15, -0.1) is 10.2 Å². The van der Waals surface area contributed by atoms with Gasteiger partial charge in [-0.2, -0.15) is 13.2 Å². The largest absolute Gasteiger partial charge is 0.405 e. The second-order valence-electron chi connectivity index (χ2n) is 4.86. The third-order valence-corrected chi connectivity index (χ3v) is 4.06. The van der Waals surface area contributed by atoms with Gasteiger partial charge in [-0.3, -0.25) is 9.36 Å². The molecule has 5 nitrogen and oxygen atoms in total. The number of carbonyl (C=O) groups is 1. The third-order valence-electron chi connectivity index (χ3n) is 3.01.